The highest BCUT2D eigenvalue weighted by molar-refractivity contribution is 9.09. The van der Waals surface area contributed by atoms with Crippen LogP contribution in [0.5, 0.6) is 17.2 Å². The number of methoxy groups -OCH3 is 2. The molecule has 3 N–H and O–H groups in total. The Morgan fingerprint density at radius 1 is 1.12 bits per heavy atom. The van der Waals surface area contributed by atoms with Gasteiger partial charge >= 0.3 is 6.03 Å². The number of urea groups is 1. The highest BCUT2D eigenvalue weighted by atomic mass is 79.9. The van der Waals surface area contributed by atoms with Crippen molar-refractivity contribution < 1.29 is 38.6 Å². The number of halogens is 3. The topological polar surface area (TPSA) is 157 Å². The zero-order valence-corrected chi connectivity index (χ0v) is 24.3. The summed E-state index contributed by atoms with van der Waals surface area (Å²) in [5, 5.41) is 10.3. The maximum absolute atomic E-state index is 13.7. The first-order valence-corrected chi connectivity index (χ1v) is 14.1. The third-order valence-corrected chi connectivity index (χ3v) is 10.2. The van der Waals surface area contributed by atoms with Crippen LogP contribution in [-0.4, -0.2) is 74.0 Å². The molecule has 0 bridgehead atoms. The van der Waals surface area contributed by atoms with Gasteiger partial charge in [-0.2, -0.15) is 4.90 Å². The summed E-state index contributed by atoms with van der Waals surface area (Å²) < 4.78 is 10.4. The summed E-state index contributed by atoms with van der Waals surface area (Å²) in [5.74, 6) is -6.54. The number of carbonyl (C=O) groups excluding carboxylic acids is 5. The Bertz CT molecular complexity index is 1410. The monoisotopic (exact) mass is 655 g/mol. The van der Waals surface area contributed by atoms with Gasteiger partial charge < -0.3 is 20.3 Å². The van der Waals surface area contributed by atoms with E-state index in [4.69, 9.17) is 38.4 Å². The summed E-state index contributed by atoms with van der Waals surface area (Å²) in [6.45, 7) is 0. The van der Waals surface area contributed by atoms with Crippen molar-refractivity contribution in [1.82, 2.24) is 9.80 Å². The minimum Gasteiger partial charge on any atom is -0.502 e. The van der Waals surface area contributed by atoms with Crippen molar-refractivity contribution in [3.05, 3.63) is 35.4 Å². The number of imide groups is 4. The number of fused-ring (bicyclic) bond motifs is 4. The average Bonchev–Trinajstić information content (AvgIpc) is 3.26. The van der Waals surface area contributed by atoms with Crippen LogP contribution >= 0.6 is 39.1 Å². The molecule has 212 valence electrons. The Labute approximate surface area is 246 Å². The van der Waals surface area contributed by atoms with Gasteiger partial charge in [-0.15, -0.1) is 23.2 Å². The maximum atomic E-state index is 13.7. The van der Waals surface area contributed by atoms with E-state index in [1.807, 2.05) is 0 Å². The van der Waals surface area contributed by atoms with E-state index in [1.165, 1.54) is 26.4 Å². The van der Waals surface area contributed by atoms with E-state index in [-0.39, 0.29) is 35.5 Å². The SMILES string of the molecule is COc1cc(C=C[C@H]2C3=CC[C@@H]4C(=O)N(C(N)=O)C(=O)[C@@H]4[C@@H]3C[C@@]3(Cl)C(=O)N(CBr)C(=O)[C@@]23Cl)cc(OC)c1O. The number of primary amides is 1. The Morgan fingerprint density at radius 3 is 2.30 bits per heavy atom. The molecule has 6 atom stereocenters. The van der Waals surface area contributed by atoms with E-state index >= 15 is 0 Å². The van der Waals surface area contributed by atoms with Crippen LogP contribution in [0.1, 0.15) is 18.4 Å². The second-order valence-electron chi connectivity index (χ2n) is 10.0. The zero-order valence-electron chi connectivity index (χ0n) is 21.2. The molecule has 1 aromatic rings. The van der Waals surface area contributed by atoms with Gasteiger partial charge in [0.15, 0.2) is 21.2 Å². The van der Waals surface area contributed by atoms with Crippen LogP contribution in [0.3, 0.4) is 0 Å². The minimum atomic E-state index is -1.97. The molecule has 2 saturated heterocycles. The van der Waals surface area contributed by atoms with Gasteiger partial charge in [-0.25, -0.2) is 4.79 Å². The number of allylic oxidation sites excluding steroid dienone is 3. The number of aromatic hydroxyl groups is 1. The Kier molecular flexibility index (Phi) is 6.95. The van der Waals surface area contributed by atoms with Crippen LogP contribution in [0.15, 0.2) is 29.9 Å². The summed E-state index contributed by atoms with van der Waals surface area (Å²) >= 11 is 17.3. The number of alkyl halides is 3. The predicted octanol–water partition coefficient (Wildman–Crippen LogP) is 2.75. The lowest BCUT2D eigenvalue weighted by Crippen LogP contribution is -2.60. The Balaban J connectivity index is 1.67. The fraction of sp³-hybridized carbons (Fsp3) is 0.423. The molecule has 1 aromatic carbocycles. The molecule has 4 aliphatic rings. The fourth-order valence-corrected chi connectivity index (χ4v) is 7.82. The Morgan fingerprint density at radius 2 is 1.75 bits per heavy atom. The van der Waals surface area contributed by atoms with Crippen molar-refractivity contribution in [2.24, 2.45) is 29.4 Å². The highest BCUT2D eigenvalue weighted by Crippen LogP contribution is 2.63. The molecular weight excluding hydrogens is 633 g/mol. The first kappa shape index (κ1) is 28.4. The number of hydrogen-bond donors (Lipinski definition) is 2. The van der Waals surface area contributed by atoms with E-state index in [0.717, 1.165) is 4.90 Å². The van der Waals surface area contributed by atoms with Crippen molar-refractivity contribution in [2.75, 3.05) is 19.7 Å². The lowest BCUT2D eigenvalue weighted by atomic mass is 9.57. The molecule has 5 rings (SSSR count). The van der Waals surface area contributed by atoms with Gasteiger partial charge in [-0.1, -0.05) is 39.7 Å². The number of hydrogen-bond acceptors (Lipinski definition) is 8. The first-order chi connectivity index (χ1) is 18.9. The number of phenolic OH excluding ortho intramolecular Hbond substituents is 1. The molecule has 1 saturated carbocycles. The first-order valence-electron chi connectivity index (χ1n) is 12.2. The van der Waals surface area contributed by atoms with Gasteiger partial charge in [0, 0.05) is 5.92 Å². The zero-order chi connectivity index (χ0) is 29.3. The highest BCUT2D eigenvalue weighted by Gasteiger charge is 2.75. The lowest BCUT2D eigenvalue weighted by molar-refractivity contribution is -0.139. The third kappa shape index (κ3) is 3.65. The van der Waals surface area contributed by atoms with Gasteiger partial charge in [0.05, 0.1) is 31.5 Å². The smallest absolute Gasteiger partial charge is 0.328 e. The molecule has 2 heterocycles. The van der Waals surface area contributed by atoms with E-state index < -0.39 is 63.1 Å². The third-order valence-electron chi connectivity index (χ3n) is 8.28. The number of carbonyl (C=O) groups is 5. The van der Waals surface area contributed by atoms with Crippen LogP contribution in [0.2, 0.25) is 0 Å². The van der Waals surface area contributed by atoms with Crippen molar-refractivity contribution in [2.45, 2.75) is 22.6 Å². The van der Waals surface area contributed by atoms with Gasteiger partial charge in [0.1, 0.15) is 0 Å². The molecule has 0 spiro atoms. The molecule has 0 unspecified atom stereocenters. The number of rotatable bonds is 5. The minimum absolute atomic E-state index is 0.0998. The van der Waals surface area contributed by atoms with Crippen LogP contribution in [-0.2, 0) is 19.2 Å². The summed E-state index contributed by atoms with van der Waals surface area (Å²) in [6, 6.07) is 1.88. The number of phenols is 1. The van der Waals surface area contributed by atoms with Crippen molar-refractivity contribution in [3.63, 3.8) is 0 Å². The van der Waals surface area contributed by atoms with Crippen molar-refractivity contribution >= 4 is 74.9 Å². The molecule has 2 aliphatic heterocycles. The standard InChI is InChI=1S/C26H24BrCl2N3O8/c1-39-16-7-11(8-17(40-2)19(16)33)3-6-15-12-4-5-13-18(21(35)32(20(13)34)24(30)38)14(12)9-25(28)22(36)31(10-27)23(37)26(15,25)29/h3-4,6-8,13-15,18,33H,5,9-10H2,1-2H3,(H2,30,38)/t13-,14+,15-,18-,25+,26-/m0/s1. The second kappa shape index (κ2) is 9.78. The largest absolute Gasteiger partial charge is 0.502 e. The number of likely N-dealkylation sites (tertiary alicyclic amines) is 2. The number of nitrogens with zero attached hydrogens (tertiary/aromatic N) is 2. The molecule has 0 radical (unpaired) electrons. The molecule has 2 aliphatic carbocycles. The van der Waals surface area contributed by atoms with E-state index in [0.29, 0.717) is 16.0 Å². The van der Waals surface area contributed by atoms with Crippen LogP contribution in [0.25, 0.3) is 6.08 Å². The fourth-order valence-electron chi connectivity index (χ4n) is 6.44. The summed E-state index contributed by atoms with van der Waals surface area (Å²) in [6.07, 6.45) is 4.82. The maximum Gasteiger partial charge on any atom is 0.328 e. The lowest BCUT2D eigenvalue weighted by Gasteiger charge is -2.49. The molecule has 6 amide bonds. The summed E-state index contributed by atoms with van der Waals surface area (Å²) in [4.78, 5) is 62.8. The van der Waals surface area contributed by atoms with Gasteiger partial charge in [0.2, 0.25) is 17.6 Å². The number of ether oxygens (including phenoxy) is 2. The van der Waals surface area contributed by atoms with Crippen LogP contribution < -0.4 is 15.2 Å². The Hall–Kier alpha value is -3.09. The molecule has 40 heavy (non-hydrogen) atoms. The van der Waals surface area contributed by atoms with Crippen molar-refractivity contribution in [1.29, 1.82) is 0 Å². The molecule has 11 nitrogen and oxygen atoms in total. The summed E-state index contributed by atoms with van der Waals surface area (Å²) in [7, 11) is 2.75. The van der Waals surface area contributed by atoms with E-state index in [1.54, 1.807) is 18.2 Å². The number of benzene rings is 1. The average molecular weight is 657 g/mol. The van der Waals surface area contributed by atoms with Crippen LogP contribution in [0, 0.1) is 23.7 Å². The van der Waals surface area contributed by atoms with Gasteiger partial charge in [-0.05, 0) is 36.5 Å². The summed E-state index contributed by atoms with van der Waals surface area (Å²) in [5.41, 5.74) is 6.23. The quantitative estimate of drug-likeness (QED) is 0.212. The van der Waals surface area contributed by atoms with E-state index in [9.17, 15) is 29.1 Å². The molecule has 3 fully saturated rings. The second-order valence-corrected chi connectivity index (χ2v) is 11.8. The molecule has 14 heteroatoms. The number of nitrogens with two attached hydrogens (primary N) is 1. The predicted molar refractivity (Wildman–Crippen MR) is 146 cm³/mol. The van der Waals surface area contributed by atoms with Gasteiger partial charge in [0.25, 0.3) is 11.8 Å². The molecule has 0 aromatic heterocycles. The van der Waals surface area contributed by atoms with Crippen molar-refractivity contribution in [3.8, 4) is 17.2 Å². The van der Waals surface area contributed by atoms with E-state index in [2.05, 4.69) is 15.9 Å². The van der Waals surface area contributed by atoms with Gasteiger partial charge in [-0.3, -0.25) is 24.1 Å². The molecular formula is C26H24BrCl2N3O8. The van der Waals surface area contributed by atoms with Crippen LogP contribution in [0.4, 0.5) is 4.79 Å². The normalized spacial score (nSPS) is 33.2. The number of amides is 6.